The molecule has 0 aromatic heterocycles. The van der Waals surface area contributed by atoms with Crippen molar-refractivity contribution in [2.75, 3.05) is 28.4 Å². The molecular formula is C17H28IN3O3. The zero-order valence-electron chi connectivity index (χ0n) is 14.8. The van der Waals surface area contributed by atoms with Crippen LogP contribution in [0.15, 0.2) is 17.1 Å². The van der Waals surface area contributed by atoms with Crippen molar-refractivity contribution >= 4 is 29.9 Å². The molecule has 2 N–H and O–H groups in total. The molecule has 24 heavy (non-hydrogen) atoms. The first-order chi connectivity index (χ1) is 11.2. The third-order valence-electron chi connectivity index (χ3n) is 4.17. The summed E-state index contributed by atoms with van der Waals surface area (Å²) in [4.78, 5) is 4.30. The van der Waals surface area contributed by atoms with E-state index < -0.39 is 0 Å². The first-order valence-corrected chi connectivity index (χ1v) is 7.97. The molecular weight excluding hydrogens is 421 g/mol. The van der Waals surface area contributed by atoms with Crippen LogP contribution in [0.4, 0.5) is 0 Å². The Bertz CT molecular complexity index is 521. The van der Waals surface area contributed by atoms with Gasteiger partial charge in [0.05, 0.1) is 33.4 Å². The highest BCUT2D eigenvalue weighted by Crippen LogP contribution is 2.33. The van der Waals surface area contributed by atoms with E-state index in [0.29, 0.717) is 18.3 Å². The number of halogens is 1. The van der Waals surface area contributed by atoms with Crippen molar-refractivity contribution < 1.29 is 14.2 Å². The Morgan fingerprint density at radius 2 is 1.67 bits per heavy atom. The van der Waals surface area contributed by atoms with Crippen LogP contribution in [-0.4, -0.2) is 40.4 Å². The maximum absolute atomic E-state index is 5.47. The summed E-state index contributed by atoms with van der Waals surface area (Å²) in [5, 5.41) is 6.80. The molecule has 0 radical (unpaired) electrons. The standard InChI is InChI=1S/C17H27N3O3.HI/c1-18-17(20-12-7-5-6-8-12)19-11-14-15(22-3)9-13(21-2)10-16(14)23-4;/h9-10,12H,5-8,11H2,1-4H3,(H2,18,19,20);1H. The summed E-state index contributed by atoms with van der Waals surface area (Å²) in [6.45, 7) is 0.558. The lowest BCUT2D eigenvalue weighted by molar-refractivity contribution is 0.368. The van der Waals surface area contributed by atoms with Crippen molar-refractivity contribution in [3.8, 4) is 17.2 Å². The third kappa shape index (κ3) is 5.32. The number of guanidine groups is 1. The Kier molecular flexibility index (Phi) is 9.02. The molecule has 1 aliphatic rings. The Morgan fingerprint density at radius 1 is 1.08 bits per heavy atom. The highest BCUT2D eigenvalue weighted by atomic mass is 127. The molecule has 0 heterocycles. The predicted molar refractivity (Wildman–Crippen MR) is 107 cm³/mol. The second-order valence-electron chi connectivity index (χ2n) is 5.56. The van der Waals surface area contributed by atoms with Gasteiger partial charge in [-0.3, -0.25) is 4.99 Å². The molecule has 7 heteroatoms. The molecule has 1 fully saturated rings. The fourth-order valence-corrected chi connectivity index (χ4v) is 2.88. The molecule has 0 bridgehead atoms. The van der Waals surface area contributed by atoms with Gasteiger partial charge in [0.15, 0.2) is 5.96 Å². The van der Waals surface area contributed by atoms with Crippen LogP contribution in [-0.2, 0) is 6.54 Å². The first-order valence-electron chi connectivity index (χ1n) is 7.97. The smallest absolute Gasteiger partial charge is 0.191 e. The van der Waals surface area contributed by atoms with Crippen LogP contribution in [0.5, 0.6) is 17.2 Å². The van der Waals surface area contributed by atoms with Crippen LogP contribution in [0.1, 0.15) is 31.2 Å². The average molecular weight is 449 g/mol. The number of aliphatic imine (C=N–C) groups is 1. The first kappa shape index (κ1) is 20.7. The number of hydrogen-bond acceptors (Lipinski definition) is 4. The van der Waals surface area contributed by atoms with E-state index in [1.54, 1.807) is 28.4 Å². The summed E-state index contributed by atoms with van der Waals surface area (Å²) in [5.41, 5.74) is 0.935. The van der Waals surface area contributed by atoms with E-state index >= 15 is 0 Å². The maximum Gasteiger partial charge on any atom is 0.191 e. The van der Waals surface area contributed by atoms with Gasteiger partial charge in [0.25, 0.3) is 0 Å². The summed E-state index contributed by atoms with van der Waals surface area (Å²) in [6, 6.07) is 4.22. The highest BCUT2D eigenvalue weighted by molar-refractivity contribution is 14.0. The van der Waals surface area contributed by atoms with Gasteiger partial charge in [0.1, 0.15) is 17.2 Å². The van der Waals surface area contributed by atoms with Crippen LogP contribution in [0, 0.1) is 0 Å². The van der Waals surface area contributed by atoms with Crippen LogP contribution >= 0.6 is 24.0 Å². The third-order valence-corrected chi connectivity index (χ3v) is 4.17. The molecule has 136 valence electrons. The number of methoxy groups -OCH3 is 3. The van der Waals surface area contributed by atoms with Gasteiger partial charge < -0.3 is 24.8 Å². The largest absolute Gasteiger partial charge is 0.496 e. The fourth-order valence-electron chi connectivity index (χ4n) is 2.88. The minimum Gasteiger partial charge on any atom is -0.496 e. The molecule has 1 aromatic rings. The summed E-state index contributed by atoms with van der Waals surface area (Å²) in [6.07, 6.45) is 4.98. The second-order valence-corrected chi connectivity index (χ2v) is 5.56. The van der Waals surface area contributed by atoms with E-state index in [-0.39, 0.29) is 24.0 Å². The molecule has 0 spiro atoms. The quantitative estimate of drug-likeness (QED) is 0.397. The Balaban J connectivity index is 0.00000288. The fraction of sp³-hybridized carbons (Fsp3) is 0.588. The molecule has 2 rings (SSSR count). The van der Waals surface area contributed by atoms with E-state index in [1.807, 2.05) is 12.1 Å². The number of hydrogen-bond donors (Lipinski definition) is 2. The van der Waals surface area contributed by atoms with Crippen LogP contribution in [0.3, 0.4) is 0 Å². The predicted octanol–water partition coefficient (Wildman–Crippen LogP) is 2.94. The van der Waals surface area contributed by atoms with Gasteiger partial charge in [-0.15, -0.1) is 24.0 Å². The van der Waals surface area contributed by atoms with Crippen molar-refractivity contribution in [2.24, 2.45) is 4.99 Å². The van der Waals surface area contributed by atoms with Crippen LogP contribution in [0.25, 0.3) is 0 Å². The van der Waals surface area contributed by atoms with Gasteiger partial charge in [-0.2, -0.15) is 0 Å². The molecule has 0 aliphatic heterocycles. The van der Waals surface area contributed by atoms with Gasteiger partial charge in [0, 0.05) is 25.2 Å². The number of rotatable bonds is 6. The topological polar surface area (TPSA) is 64.1 Å². The van der Waals surface area contributed by atoms with E-state index in [4.69, 9.17) is 14.2 Å². The number of ether oxygens (including phenoxy) is 3. The van der Waals surface area contributed by atoms with Gasteiger partial charge >= 0.3 is 0 Å². The lowest BCUT2D eigenvalue weighted by Gasteiger charge is -2.19. The van der Waals surface area contributed by atoms with Crippen LogP contribution < -0.4 is 24.8 Å². The molecule has 0 atom stereocenters. The molecule has 6 nitrogen and oxygen atoms in total. The van der Waals surface area contributed by atoms with Crippen molar-refractivity contribution in [1.82, 2.24) is 10.6 Å². The van der Waals surface area contributed by atoms with Crippen LogP contribution in [0.2, 0.25) is 0 Å². The van der Waals surface area contributed by atoms with Crippen molar-refractivity contribution in [3.05, 3.63) is 17.7 Å². The zero-order chi connectivity index (χ0) is 16.7. The number of nitrogens with one attached hydrogen (secondary N) is 2. The van der Waals surface area contributed by atoms with Gasteiger partial charge in [0.2, 0.25) is 0 Å². The minimum atomic E-state index is 0. The van der Waals surface area contributed by atoms with Crippen molar-refractivity contribution in [1.29, 1.82) is 0 Å². The average Bonchev–Trinajstić information content (AvgIpc) is 3.10. The van der Waals surface area contributed by atoms with Crippen molar-refractivity contribution in [2.45, 2.75) is 38.3 Å². The summed E-state index contributed by atoms with van der Waals surface area (Å²) in [7, 11) is 6.69. The summed E-state index contributed by atoms with van der Waals surface area (Å²) >= 11 is 0. The van der Waals surface area contributed by atoms with Crippen molar-refractivity contribution in [3.63, 3.8) is 0 Å². The SMILES string of the molecule is CN=C(NCc1c(OC)cc(OC)cc1OC)NC1CCCC1.I. The Morgan fingerprint density at radius 3 is 2.12 bits per heavy atom. The normalized spacial score (nSPS) is 14.8. The molecule has 1 saturated carbocycles. The van der Waals surface area contributed by atoms with E-state index in [2.05, 4.69) is 15.6 Å². The van der Waals surface area contributed by atoms with E-state index in [0.717, 1.165) is 23.0 Å². The highest BCUT2D eigenvalue weighted by Gasteiger charge is 2.17. The van der Waals surface area contributed by atoms with Gasteiger partial charge in [-0.25, -0.2) is 0 Å². The Labute approximate surface area is 161 Å². The molecule has 0 unspecified atom stereocenters. The lowest BCUT2D eigenvalue weighted by Crippen LogP contribution is -2.42. The van der Waals surface area contributed by atoms with E-state index in [9.17, 15) is 0 Å². The number of nitrogens with zero attached hydrogens (tertiary/aromatic N) is 1. The van der Waals surface area contributed by atoms with E-state index in [1.165, 1.54) is 25.7 Å². The lowest BCUT2D eigenvalue weighted by atomic mass is 10.1. The second kappa shape index (κ2) is 10.5. The van der Waals surface area contributed by atoms with Gasteiger partial charge in [-0.1, -0.05) is 12.8 Å². The Hall–Kier alpha value is -1.38. The maximum atomic E-state index is 5.47. The summed E-state index contributed by atoms with van der Waals surface area (Å²) < 4.78 is 16.2. The van der Waals surface area contributed by atoms with Gasteiger partial charge in [-0.05, 0) is 12.8 Å². The number of benzene rings is 1. The minimum absolute atomic E-state index is 0. The summed E-state index contributed by atoms with van der Waals surface area (Å²) in [5.74, 6) is 2.96. The monoisotopic (exact) mass is 449 g/mol. The molecule has 0 saturated heterocycles. The molecule has 1 aliphatic carbocycles. The molecule has 0 amide bonds. The molecule has 1 aromatic carbocycles. The zero-order valence-corrected chi connectivity index (χ0v) is 17.2.